The van der Waals surface area contributed by atoms with Gasteiger partial charge in [0.15, 0.2) is 0 Å². The Bertz CT molecular complexity index is 377. The van der Waals surface area contributed by atoms with Gasteiger partial charge in [-0.3, -0.25) is 4.79 Å². The lowest BCUT2D eigenvalue weighted by Gasteiger charge is -2.08. The minimum Gasteiger partial charge on any atom is -0.497 e. The molecule has 0 aliphatic carbocycles. The Labute approximate surface area is 108 Å². The predicted octanol–water partition coefficient (Wildman–Crippen LogP) is 2.13. The normalized spacial score (nSPS) is 10.4. The van der Waals surface area contributed by atoms with Gasteiger partial charge in [-0.05, 0) is 17.7 Å². The van der Waals surface area contributed by atoms with Crippen LogP contribution in [0.2, 0.25) is 0 Å². The Balaban J connectivity index is 2.29. The molecule has 0 heterocycles. The summed E-state index contributed by atoms with van der Waals surface area (Å²) in [5.41, 5.74) is 0.930. The Morgan fingerprint density at radius 2 is 2.17 bits per heavy atom. The summed E-state index contributed by atoms with van der Waals surface area (Å²) in [5, 5.41) is 3.17. The lowest BCUT2D eigenvalue weighted by atomic mass is 10.2. The molecule has 0 unspecified atom stereocenters. The molecule has 0 aliphatic heterocycles. The average Bonchev–Trinajstić information content (AvgIpc) is 2.36. The van der Waals surface area contributed by atoms with Crippen molar-refractivity contribution in [3.63, 3.8) is 0 Å². The second-order valence-electron chi connectivity index (χ2n) is 4.37. The van der Waals surface area contributed by atoms with Gasteiger partial charge in [-0.1, -0.05) is 26.0 Å². The van der Waals surface area contributed by atoms with Gasteiger partial charge in [0.25, 0.3) is 0 Å². The number of benzene rings is 1. The van der Waals surface area contributed by atoms with Crippen LogP contribution < -0.4 is 10.1 Å². The van der Waals surface area contributed by atoms with Crippen LogP contribution in [0.4, 0.5) is 0 Å². The predicted molar refractivity (Wildman–Crippen MR) is 70.5 cm³/mol. The summed E-state index contributed by atoms with van der Waals surface area (Å²) in [4.78, 5) is 11.5. The highest BCUT2D eigenvalue weighted by atomic mass is 16.5. The SMILES string of the molecule is COc1cccc(COC(=O)CCNC(C)C)c1. The number of methoxy groups -OCH3 is 1. The van der Waals surface area contributed by atoms with Gasteiger partial charge in [-0.2, -0.15) is 0 Å². The van der Waals surface area contributed by atoms with E-state index in [0.717, 1.165) is 11.3 Å². The Morgan fingerprint density at radius 3 is 2.83 bits per heavy atom. The molecule has 0 fully saturated rings. The Kier molecular flexibility index (Phi) is 6.22. The van der Waals surface area contributed by atoms with Crippen LogP contribution in [0.25, 0.3) is 0 Å². The first-order chi connectivity index (χ1) is 8.61. The van der Waals surface area contributed by atoms with Crippen molar-refractivity contribution in [3.8, 4) is 5.75 Å². The second kappa shape index (κ2) is 7.71. The van der Waals surface area contributed by atoms with E-state index in [2.05, 4.69) is 5.32 Å². The second-order valence-corrected chi connectivity index (χ2v) is 4.37. The van der Waals surface area contributed by atoms with Crippen molar-refractivity contribution in [1.29, 1.82) is 0 Å². The van der Waals surface area contributed by atoms with Crippen molar-refractivity contribution >= 4 is 5.97 Å². The first-order valence-electron chi connectivity index (χ1n) is 6.13. The van der Waals surface area contributed by atoms with Crippen LogP contribution in [0, 0.1) is 0 Å². The fraction of sp³-hybridized carbons (Fsp3) is 0.500. The van der Waals surface area contributed by atoms with E-state index in [9.17, 15) is 4.79 Å². The smallest absolute Gasteiger partial charge is 0.307 e. The van der Waals surface area contributed by atoms with Gasteiger partial charge >= 0.3 is 5.97 Å². The molecule has 4 nitrogen and oxygen atoms in total. The van der Waals surface area contributed by atoms with E-state index in [4.69, 9.17) is 9.47 Å². The molecule has 1 aromatic rings. The number of rotatable bonds is 7. The zero-order valence-electron chi connectivity index (χ0n) is 11.2. The van der Waals surface area contributed by atoms with Crippen LogP contribution in [0.3, 0.4) is 0 Å². The van der Waals surface area contributed by atoms with Gasteiger partial charge in [0.2, 0.25) is 0 Å². The van der Waals surface area contributed by atoms with Gasteiger partial charge in [0.05, 0.1) is 13.5 Å². The summed E-state index contributed by atoms with van der Waals surface area (Å²) in [6.07, 6.45) is 0.391. The third-order valence-electron chi connectivity index (χ3n) is 2.42. The Hall–Kier alpha value is -1.55. The minimum atomic E-state index is -0.189. The van der Waals surface area contributed by atoms with Crippen molar-refractivity contribution in [3.05, 3.63) is 29.8 Å². The van der Waals surface area contributed by atoms with Crippen molar-refractivity contribution in [2.45, 2.75) is 32.9 Å². The van der Waals surface area contributed by atoms with E-state index in [1.54, 1.807) is 7.11 Å². The lowest BCUT2D eigenvalue weighted by Crippen LogP contribution is -2.25. The fourth-order valence-electron chi connectivity index (χ4n) is 1.46. The molecule has 0 aromatic heterocycles. The number of hydrogen-bond acceptors (Lipinski definition) is 4. The molecule has 0 saturated carbocycles. The molecule has 0 saturated heterocycles. The maximum Gasteiger partial charge on any atom is 0.307 e. The molecule has 0 atom stereocenters. The topological polar surface area (TPSA) is 47.6 Å². The molecule has 18 heavy (non-hydrogen) atoms. The van der Waals surface area contributed by atoms with Crippen molar-refractivity contribution in [1.82, 2.24) is 5.32 Å². The molecule has 100 valence electrons. The number of esters is 1. The molecule has 0 spiro atoms. The Morgan fingerprint density at radius 1 is 1.39 bits per heavy atom. The molecule has 0 radical (unpaired) electrons. The van der Waals surface area contributed by atoms with Crippen molar-refractivity contribution in [2.75, 3.05) is 13.7 Å². The summed E-state index contributed by atoms with van der Waals surface area (Å²) in [6.45, 7) is 5.02. The molecular formula is C14H21NO3. The van der Waals surface area contributed by atoms with Crippen LogP contribution >= 0.6 is 0 Å². The maximum absolute atomic E-state index is 11.5. The molecule has 0 bridgehead atoms. The molecule has 4 heteroatoms. The minimum absolute atomic E-state index is 0.189. The average molecular weight is 251 g/mol. The van der Waals surface area contributed by atoms with Crippen LogP contribution in [0.1, 0.15) is 25.8 Å². The fourth-order valence-corrected chi connectivity index (χ4v) is 1.46. The van der Waals surface area contributed by atoms with Gasteiger partial charge in [-0.15, -0.1) is 0 Å². The lowest BCUT2D eigenvalue weighted by molar-refractivity contribution is -0.144. The van der Waals surface area contributed by atoms with Gasteiger partial charge in [-0.25, -0.2) is 0 Å². The summed E-state index contributed by atoms with van der Waals surface area (Å²) in [5.74, 6) is 0.580. The zero-order valence-corrected chi connectivity index (χ0v) is 11.2. The first-order valence-corrected chi connectivity index (χ1v) is 6.13. The first kappa shape index (κ1) is 14.5. The number of hydrogen-bond donors (Lipinski definition) is 1. The van der Waals surface area contributed by atoms with Crippen molar-refractivity contribution in [2.24, 2.45) is 0 Å². The van der Waals surface area contributed by atoms with Crippen LogP contribution in [0.15, 0.2) is 24.3 Å². The summed E-state index contributed by atoms with van der Waals surface area (Å²) in [6, 6.07) is 7.89. The van der Waals surface area contributed by atoms with E-state index in [1.165, 1.54) is 0 Å². The summed E-state index contributed by atoms with van der Waals surface area (Å²) >= 11 is 0. The highest BCUT2D eigenvalue weighted by Gasteiger charge is 2.04. The molecular weight excluding hydrogens is 230 g/mol. The standard InChI is InChI=1S/C14H21NO3/c1-11(2)15-8-7-14(16)18-10-12-5-4-6-13(9-12)17-3/h4-6,9,11,15H,7-8,10H2,1-3H3. The molecule has 1 N–H and O–H groups in total. The number of ether oxygens (including phenoxy) is 2. The summed E-state index contributed by atoms with van der Waals surface area (Å²) in [7, 11) is 1.61. The van der Waals surface area contributed by atoms with Gasteiger partial charge < -0.3 is 14.8 Å². The van der Waals surface area contributed by atoms with Crippen molar-refractivity contribution < 1.29 is 14.3 Å². The van der Waals surface area contributed by atoms with Crippen LogP contribution in [-0.2, 0) is 16.1 Å². The van der Waals surface area contributed by atoms with E-state index in [0.29, 0.717) is 19.0 Å². The van der Waals surface area contributed by atoms with Crippen LogP contribution in [0.5, 0.6) is 5.75 Å². The molecule has 0 aliphatic rings. The van der Waals surface area contributed by atoms with E-state index in [1.807, 2.05) is 38.1 Å². The third kappa shape index (κ3) is 5.68. The molecule has 1 rings (SSSR count). The van der Waals surface area contributed by atoms with E-state index < -0.39 is 0 Å². The number of carbonyl (C=O) groups is 1. The molecule has 1 aromatic carbocycles. The summed E-state index contributed by atoms with van der Waals surface area (Å²) < 4.78 is 10.3. The van der Waals surface area contributed by atoms with Crippen LogP contribution in [-0.4, -0.2) is 25.7 Å². The van der Waals surface area contributed by atoms with Gasteiger partial charge in [0.1, 0.15) is 12.4 Å². The van der Waals surface area contributed by atoms with E-state index in [-0.39, 0.29) is 12.6 Å². The quantitative estimate of drug-likeness (QED) is 0.754. The molecule has 0 amide bonds. The third-order valence-corrected chi connectivity index (χ3v) is 2.42. The highest BCUT2D eigenvalue weighted by Crippen LogP contribution is 2.13. The zero-order chi connectivity index (χ0) is 13.4. The number of nitrogens with one attached hydrogen (secondary N) is 1. The monoisotopic (exact) mass is 251 g/mol. The van der Waals surface area contributed by atoms with E-state index >= 15 is 0 Å². The van der Waals surface area contributed by atoms with Gasteiger partial charge in [0, 0.05) is 12.6 Å². The number of carbonyl (C=O) groups excluding carboxylic acids is 1. The highest BCUT2D eigenvalue weighted by molar-refractivity contribution is 5.69. The largest absolute Gasteiger partial charge is 0.497 e. The maximum atomic E-state index is 11.5.